The Morgan fingerprint density at radius 1 is 1.23 bits per heavy atom. The van der Waals surface area contributed by atoms with Crippen LogP contribution in [-0.4, -0.2) is 87.3 Å². The fraction of sp³-hybridized carbons (Fsp3) is 0.688. The van der Waals surface area contributed by atoms with Gasteiger partial charge in [0, 0.05) is 31.6 Å². The minimum atomic E-state index is -3.17. The van der Waals surface area contributed by atoms with Crippen LogP contribution < -0.4 is 15.4 Å². The third-order valence-corrected chi connectivity index (χ3v) is 11.5. The van der Waals surface area contributed by atoms with Crippen molar-refractivity contribution in [2.75, 3.05) is 18.4 Å². The highest BCUT2D eigenvalue weighted by Crippen LogP contribution is 2.59. The number of carbonyl (C=O) groups is 4. The number of hydrogen-bond acceptors (Lipinski definition) is 7. The number of alkyl halides is 3. The van der Waals surface area contributed by atoms with E-state index in [4.69, 9.17) is 16.3 Å². The van der Waals surface area contributed by atoms with Gasteiger partial charge in [-0.3, -0.25) is 19.2 Å². The number of likely N-dealkylation sites (tertiary alicyclic amines) is 2. The number of rotatable bonds is 4. The molecule has 4 amide bonds. The summed E-state index contributed by atoms with van der Waals surface area (Å²) in [5, 5.41) is 15.7. The molecule has 4 heterocycles. The first-order chi connectivity index (χ1) is 22.0. The van der Waals surface area contributed by atoms with Crippen LogP contribution in [0, 0.1) is 46.3 Å². The van der Waals surface area contributed by atoms with E-state index in [0.29, 0.717) is 12.8 Å². The number of amides is 4. The highest BCUT2D eigenvalue weighted by Gasteiger charge is 2.65. The second kappa shape index (κ2) is 10.7. The van der Waals surface area contributed by atoms with Gasteiger partial charge in [-0.15, -0.1) is 0 Å². The third-order valence-electron chi connectivity index (χ3n) is 11.3. The number of nitriles is 1. The van der Waals surface area contributed by atoms with Crippen LogP contribution in [0.2, 0.25) is 5.02 Å². The number of ether oxygens (including phenoxy) is 1. The van der Waals surface area contributed by atoms with Crippen LogP contribution in [0.25, 0.3) is 0 Å². The van der Waals surface area contributed by atoms with Crippen LogP contribution in [0.3, 0.4) is 0 Å². The predicted octanol–water partition coefficient (Wildman–Crippen LogP) is 3.33. The molecule has 1 unspecified atom stereocenters. The minimum absolute atomic E-state index is 0.00520. The smallest absolute Gasteiger partial charge is 0.271 e. The first-order valence-corrected chi connectivity index (χ1v) is 16.4. The first kappa shape index (κ1) is 32.0. The Balaban J connectivity index is 1.21. The average Bonchev–Trinajstić information content (AvgIpc) is 3.74. The molecule has 6 aliphatic rings. The first-order valence-electron chi connectivity index (χ1n) is 16.0. The van der Waals surface area contributed by atoms with Crippen molar-refractivity contribution in [1.82, 2.24) is 20.1 Å². The number of nitrogens with zero attached hydrogens (tertiary/aromatic N) is 4. The molecule has 3 aliphatic heterocycles. The highest BCUT2D eigenvalue weighted by molar-refractivity contribution is 6.30. The maximum absolute atomic E-state index is 15.3. The van der Waals surface area contributed by atoms with Gasteiger partial charge in [-0.05, 0) is 48.3 Å². The van der Waals surface area contributed by atoms with Crippen molar-refractivity contribution in [3.8, 4) is 11.8 Å². The lowest BCUT2D eigenvalue weighted by molar-refractivity contribution is -0.165. The van der Waals surface area contributed by atoms with Crippen molar-refractivity contribution < 1.29 is 37.1 Å². The number of pyridine rings is 1. The Hall–Kier alpha value is -3.60. The number of anilines is 1. The SMILES string of the molecule is CC(C)(C)[C@H](NC(=O)C1CCC1(F)F)C(=O)N1C[C@@H]2[C@H]3C[C@@H]([C@@H]2[C@H]1C(=O)N1C[C@@]2(C[C@H]1C#N)Oc1cc(Cl)cnc1NC2=O)[C@H](F)C3. The Morgan fingerprint density at radius 3 is 2.62 bits per heavy atom. The van der Waals surface area contributed by atoms with E-state index in [1.54, 1.807) is 20.8 Å². The van der Waals surface area contributed by atoms with E-state index in [-0.39, 0.29) is 54.4 Å². The largest absolute Gasteiger partial charge is 0.471 e. The summed E-state index contributed by atoms with van der Waals surface area (Å²) in [7, 11) is 0. The van der Waals surface area contributed by atoms with E-state index in [0.717, 1.165) is 0 Å². The molecule has 10 atom stereocenters. The Kier molecular flexibility index (Phi) is 7.28. The molecule has 5 fully saturated rings. The van der Waals surface area contributed by atoms with Crippen molar-refractivity contribution in [3.05, 3.63) is 17.3 Å². The summed E-state index contributed by atoms with van der Waals surface area (Å²) >= 11 is 6.10. The van der Waals surface area contributed by atoms with Crippen LogP contribution in [0.15, 0.2) is 12.3 Å². The average molecular weight is 677 g/mol. The van der Waals surface area contributed by atoms with Gasteiger partial charge in [-0.1, -0.05) is 32.4 Å². The van der Waals surface area contributed by atoms with Crippen molar-refractivity contribution >= 4 is 41.0 Å². The van der Waals surface area contributed by atoms with Crippen LogP contribution in [0.5, 0.6) is 5.75 Å². The summed E-state index contributed by atoms with van der Waals surface area (Å²) < 4.78 is 49.7. The standard InChI is InChI=1S/C32H36ClF3N6O5/c1-30(2,3)24(39-26(43)19-4-5-32(19,35)36)28(45)41-12-18-14-6-17(20(34)7-14)22(18)23(41)27(44)42-13-31(9-16(42)10-37)29(46)40-25-21(47-31)8-15(33)11-38-25/h8,11,14,16-20,22-24H,4-7,9,12-13H2,1-3H3,(H,39,43)(H,38,40,46)/t14-,16-,17+,18+,19?,20+,22-,23-,24+,31+/m0/s1. The summed E-state index contributed by atoms with van der Waals surface area (Å²) in [5.74, 6) is -8.45. The van der Waals surface area contributed by atoms with Gasteiger partial charge in [0.25, 0.3) is 11.8 Å². The lowest BCUT2D eigenvalue weighted by Crippen LogP contribution is -2.62. The quantitative estimate of drug-likeness (QED) is 0.498. The van der Waals surface area contributed by atoms with Gasteiger partial charge in [-0.2, -0.15) is 5.26 Å². The normalized spacial score (nSPS) is 36.9. The lowest BCUT2D eigenvalue weighted by atomic mass is 9.77. The summed E-state index contributed by atoms with van der Waals surface area (Å²) in [6.07, 6.45) is 0.481. The topological polar surface area (TPSA) is 145 Å². The van der Waals surface area contributed by atoms with Gasteiger partial charge in [0.1, 0.15) is 30.2 Å². The van der Waals surface area contributed by atoms with Crippen molar-refractivity contribution in [1.29, 1.82) is 5.26 Å². The molecule has 0 aromatic carbocycles. The van der Waals surface area contributed by atoms with Crippen LogP contribution in [0.4, 0.5) is 19.0 Å². The molecule has 2 saturated heterocycles. The molecule has 7 rings (SSSR count). The van der Waals surface area contributed by atoms with Crippen LogP contribution in [-0.2, 0) is 19.2 Å². The van der Waals surface area contributed by atoms with Gasteiger partial charge in [-0.25, -0.2) is 18.2 Å². The predicted molar refractivity (Wildman–Crippen MR) is 160 cm³/mol. The summed E-state index contributed by atoms with van der Waals surface area (Å²) in [6, 6.07) is 0.0117. The monoisotopic (exact) mass is 676 g/mol. The van der Waals surface area contributed by atoms with Crippen molar-refractivity contribution in [2.45, 2.75) is 88.7 Å². The summed E-state index contributed by atoms with van der Waals surface area (Å²) in [6.45, 7) is 4.88. The van der Waals surface area contributed by atoms with E-state index in [2.05, 4.69) is 21.7 Å². The zero-order chi connectivity index (χ0) is 33.8. The second-order valence-corrected chi connectivity index (χ2v) is 15.6. The molecule has 1 aromatic rings. The van der Waals surface area contributed by atoms with Gasteiger partial charge in [0.15, 0.2) is 11.6 Å². The third kappa shape index (κ3) is 4.94. The van der Waals surface area contributed by atoms with E-state index < -0.39 is 89.0 Å². The molecule has 2 N–H and O–H groups in total. The van der Waals surface area contributed by atoms with E-state index in [9.17, 15) is 33.2 Å². The summed E-state index contributed by atoms with van der Waals surface area (Å²) in [5.41, 5.74) is -2.57. The number of carbonyl (C=O) groups excluding carboxylic acids is 4. The Morgan fingerprint density at radius 2 is 1.98 bits per heavy atom. The molecule has 1 aromatic heterocycles. The number of halogens is 4. The molecule has 3 saturated carbocycles. The molecule has 47 heavy (non-hydrogen) atoms. The van der Waals surface area contributed by atoms with Gasteiger partial charge in [0.2, 0.25) is 23.3 Å². The zero-order valence-electron chi connectivity index (χ0n) is 26.1. The van der Waals surface area contributed by atoms with Gasteiger partial charge < -0.3 is 25.2 Å². The molecule has 1 spiro atoms. The van der Waals surface area contributed by atoms with Gasteiger partial charge in [0.05, 0.1) is 17.6 Å². The van der Waals surface area contributed by atoms with E-state index in [1.165, 1.54) is 22.1 Å². The number of fused-ring (bicyclic) bond motifs is 6. The maximum Gasteiger partial charge on any atom is 0.271 e. The second-order valence-electron chi connectivity index (χ2n) is 15.1. The molecule has 15 heteroatoms. The lowest BCUT2D eigenvalue weighted by Gasteiger charge is -2.40. The fourth-order valence-electron chi connectivity index (χ4n) is 8.84. The maximum atomic E-state index is 15.3. The van der Waals surface area contributed by atoms with Crippen molar-refractivity contribution in [2.24, 2.45) is 35.0 Å². The molecule has 11 nitrogen and oxygen atoms in total. The fourth-order valence-corrected chi connectivity index (χ4v) is 8.98. The number of nitrogens with one attached hydrogen (secondary N) is 2. The minimum Gasteiger partial charge on any atom is -0.471 e. The Bertz CT molecular complexity index is 1600. The zero-order valence-corrected chi connectivity index (χ0v) is 26.9. The summed E-state index contributed by atoms with van der Waals surface area (Å²) in [4.78, 5) is 62.2. The highest BCUT2D eigenvalue weighted by atomic mass is 35.5. The molecule has 252 valence electrons. The molecular formula is C32H36ClF3N6O5. The number of aromatic nitrogens is 1. The van der Waals surface area contributed by atoms with Crippen LogP contribution >= 0.6 is 11.6 Å². The van der Waals surface area contributed by atoms with Crippen LogP contribution in [0.1, 0.15) is 52.9 Å². The molecule has 3 aliphatic carbocycles. The van der Waals surface area contributed by atoms with Gasteiger partial charge >= 0.3 is 0 Å². The number of hydrogen-bond donors (Lipinski definition) is 2. The van der Waals surface area contributed by atoms with Crippen molar-refractivity contribution in [3.63, 3.8) is 0 Å². The molecule has 0 radical (unpaired) electrons. The van der Waals surface area contributed by atoms with E-state index >= 15 is 4.39 Å². The van der Waals surface area contributed by atoms with E-state index in [1.807, 2.05) is 0 Å². The molecular weight excluding hydrogens is 641 g/mol. The Labute approximate surface area is 274 Å². The molecule has 2 bridgehead atoms.